The quantitative estimate of drug-likeness (QED) is 0.754. The summed E-state index contributed by atoms with van der Waals surface area (Å²) in [6.45, 7) is 6.38. The summed E-state index contributed by atoms with van der Waals surface area (Å²) < 4.78 is 0. The zero-order chi connectivity index (χ0) is 9.84. The third-order valence-electron chi connectivity index (χ3n) is 2.58. The van der Waals surface area contributed by atoms with Crippen LogP contribution in [0, 0.1) is 12.8 Å². The Bertz CT molecular complexity index is 248. The van der Waals surface area contributed by atoms with Crippen molar-refractivity contribution in [3.63, 3.8) is 0 Å². The Balaban J connectivity index is 2.59. The van der Waals surface area contributed by atoms with Gasteiger partial charge in [-0.05, 0) is 31.7 Å². The van der Waals surface area contributed by atoms with Gasteiger partial charge in [0, 0.05) is 6.04 Å². The maximum Gasteiger partial charge on any atom is 0.00393 e. The fraction of sp³-hybridized carbons (Fsp3) is 0.500. The Morgan fingerprint density at radius 3 is 2.15 bits per heavy atom. The van der Waals surface area contributed by atoms with E-state index in [0.29, 0.717) is 5.92 Å². The number of aryl methyl sites for hydroxylation is 1. The lowest BCUT2D eigenvalue weighted by Crippen LogP contribution is -2.25. The molecule has 1 rings (SSSR count). The summed E-state index contributed by atoms with van der Waals surface area (Å²) in [6, 6.07) is 8.97. The second-order valence-electron chi connectivity index (χ2n) is 4.03. The van der Waals surface area contributed by atoms with Gasteiger partial charge in [0.15, 0.2) is 0 Å². The molecule has 0 radical (unpaired) electrons. The maximum absolute atomic E-state index is 5.81. The molecule has 0 fully saturated rings. The van der Waals surface area contributed by atoms with Gasteiger partial charge in [0.1, 0.15) is 0 Å². The highest BCUT2D eigenvalue weighted by Crippen LogP contribution is 2.11. The highest BCUT2D eigenvalue weighted by atomic mass is 14.6. The minimum absolute atomic E-state index is 0.279. The van der Waals surface area contributed by atoms with Gasteiger partial charge >= 0.3 is 0 Å². The molecule has 0 aliphatic carbocycles. The van der Waals surface area contributed by atoms with Crippen molar-refractivity contribution in [3.8, 4) is 0 Å². The van der Waals surface area contributed by atoms with Crippen LogP contribution in [0.5, 0.6) is 0 Å². The van der Waals surface area contributed by atoms with E-state index in [4.69, 9.17) is 5.73 Å². The summed E-state index contributed by atoms with van der Waals surface area (Å²) in [5, 5.41) is 0. The monoisotopic (exact) mass is 177 g/mol. The van der Waals surface area contributed by atoms with E-state index < -0.39 is 0 Å². The molecule has 0 saturated carbocycles. The molecule has 0 amide bonds. The fourth-order valence-corrected chi connectivity index (χ4v) is 1.28. The lowest BCUT2D eigenvalue weighted by atomic mass is 9.95. The van der Waals surface area contributed by atoms with Gasteiger partial charge in [-0.1, -0.05) is 36.8 Å². The molecular formula is C12H19N. The molecular weight excluding hydrogens is 158 g/mol. The van der Waals surface area contributed by atoms with Gasteiger partial charge in [-0.25, -0.2) is 0 Å². The standard InChI is InChI=1S/C12H19N/c1-9-4-6-12(7-5-9)8-10(2)11(3)13/h4-7,10-11H,8,13H2,1-3H3. The van der Waals surface area contributed by atoms with Gasteiger partial charge in [0.25, 0.3) is 0 Å². The number of rotatable bonds is 3. The molecule has 0 aliphatic heterocycles. The second-order valence-corrected chi connectivity index (χ2v) is 4.03. The lowest BCUT2D eigenvalue weighted by Gasteiger charge is -2.15. The normalized spacial score (nSPS) is 15.4. The predicted molar refractivity (Wildman–Crippen MR) is 57.7 cm³/mol. The zero-order valence-electron chi connectivity index (χ0n) is 8.75. The number of nitrogens with two attached hydrogens (primary N) is 1. The minimum atomic E-state index is 0.279. The average Bonchev–Trinajstić information content (AvgIpc) is 2.08. The molecule has 0 aromatic heterocycles. The lowest BCUT2D eigenvalue weighted by molar-refractivity contribution is 0.481. The SMILES string of the molecule is Cc1ccc(CC(C)C(C)N)cc1. The van der Waals surface area contributed by atoms with Crippen LogP contribution >= 0.6 is 0 Å². The molecule has 0 aliphatic rings. The Kier molecular flexibility index (Phi) is 3.49. The first-order chi connectivity index (χ1) is 6.09. The van der Waals surface area contributed by atoms with Gasteiger partial charge in [-0.2, -0.15) is 0 Å². The predicted octanol–water partition coefficient (Wildman–Crippen LogP) is 2.52. The van der Waals surface area contributed by atoms with Crippen LogP contribution in [-0.4, -0.2) is 6.04 Å². The number of benzene rings is 1. The van der Waals surface area contributed by atoms with Crippen molar-refractivity contribution >= 4 is 0 Å². The molecule has 2 unspecified atom stereocenters. The van der Waals surface area contributed by atoms with Crippen molar-refractivity contribution in [2.75, 3.05) is 0 Å². The number of hydrogen-bond acceptors (Lipinski definition) is 1. The van der Waals surface area contributed by atoms with Crippen molar-refractivity contribution in [1.29, 1.82) is 0 Å². The van der Waals surface area contributed by atoms with Crippen LogP contribution in [0.1, 0.15) is 25.0 Å². The molecule has 1 heteroatoms. The average molecular weight is 177 g/mol. The first-order valence-electron chi connectivity index (χ1n) is 4.90. The van der Waals surface area contributed by atoms with Crippen LogP contribution in [0.4, 0.5) is 0 Å². The maximum atomic E-state index is 5.81. The summed E-state index contributed by atoms with van der Waals surface area (Å²) in [4.78, 5) is 0. The van der Waals surface area contributed by atoms with Crippen molar-refractivity contribution < 1.29 is 0 Å². The summed E-state index contributed by atoms with van der Waals surface area (Å²) in [6.07, 6.45) is 1.08. The highest BCUT2D eigenvalue weighted by Gasteiger charge is 2.07. The van der Waals surface area contributed by atoms with E-state index in [2.05, 4.69) is 45.0 Å². The van der Waals surface area contributed by atoms with Crippen LogP contribution in [0.25, 0.3) is 0 Å². The summed E-state index contributed by atoms with van der Waals surface area (Å²) in [5.74, 6) is 0.558. The summed E-state index contributed by atoms with van der Waals surface area (Å²) in [5.41, 5.74) is 8.52. The molecule has 1 aromatic rings. The third-order valence-corrected chi connectivity index (χ3v) is 2.58. The minimum Gasteiger partial charge on any atom is -0.328 e. The van der Waals surface area contributed by atoms with Crippen LogP contribution in [0.3, 0.4) is 0 Å². The second kappa shape index (κ2) is 4.43. The van der Waals surface area contributed by atoms with Crippen LogP contribution in [0.2, 0.25) is 0 Å². The number of hydrogen-bond donors (Lipinski definition) is 1. The van der Waals surface area contributed by atoms with Crippen molar-refractivity contribution in [2.45, 2.75) is 33.2 Å². The largest absolute Gasteiger partial charge is 0.328 e. The smallest absolute Gasteiger partial charge is 0.00393 e. The van der Waals surface area contributed by atoms with E-state index in [0.717, 1.165) is 6.42 Å². The van der Waals surface area contributed by atoms with Crippen LogP contribution in [-0.2, 0) is 6.42 Å². The highest BCUT2D eigenvalue weighted by molar-refractivity contribution is 5.21. The molecule has 1 aromatic carbocycles. The summed E-state index contributed by atoms with van der Waals surface area (Å²) in [7, 11) is 0. The Hall–Kier alpha value is -0.820. The van der Waals surface area contributed by atoms with E-state index in [1.54, 1.807) is 0 Å². The Morgan fingerprint density at radius 1 is 1.15 bits per heavy atom. The van der Waals surface area contributed by atoms with Crippen LogP contribution < -0.4 is 5.73 Å². The Labute approximate surface area is 81.0 Å². The Morgan fingerprint density at radius 2 is 1.69 bits per heavy atom. The van der Waals surface area contributed by atoms with Crippen LogP contribution in [0.15, 0.2) is 24.3 Å². The van der Waals surface area contributed by atoms with Gasteiger partial charge in [0.05, 0.1) is 0 Å². The van der Waals surface area contributed by atoms with E-state index in [1.807, 2.05) is 0 Å². The first kappa shape index (κ1) is 10.3. The molecule has 0 heterocycles. The molecule has 0 spiro atoms. The fourth-order valence-electron chi connectivity index (χ4n) is 1.28. The topological polar surface area (TPSA) is 26.0 Å². The summed E-state index contributed by atoms with van der Waals surface area (Å²) >= 11 is 0. The molecule has 0 saturated heterocycles. The van der Waals surface area contributed by atoms with Gasteiger partial charge in [-0.3, -0.25) is 0 Å². The molecule has 13 heavy (non-hydrogen) atoms. The molecule has 0 bridgehead atoms. The molecule has 2 atom stereocenters. The van der Waals surface area contributed by atoms with Crippen molar-refractivity contribution in [2.24, 2.45) is 11.7 Å². The first-order valence-corrected chi connectivity index (χ1v) is 4.90. The van der Waals surface area contributed by atoms with E-state index in [-0.39, 0.29) is 6.04 Å². The molecule has 2 N–H and O–H groups in total. The third kappa shape index (κ3) is 3.19. The van der Waals surface area contributed by atoms with Crippen molar-refractivity contribution in [3.05, 3.63) is 35.4 Å². The molecule has 72 valence electrons. The molecule has 1 nitrogen and oxygen atoms in total. The van der Waals surface area contributed by atoms with Gasteiger partial charge in [-0.15, -0.1) is 0 Å². The van der Waals surface area contributed by atoms with E-state index in [1.165, 1.54) is 11.1 Å². The van der Waals surface area contributed by atoms with E-state index in [9.17, 15) is 0 Å². The zero-order valence-corrected chi connectivity index (χ0v) is 8.75. The van der Waals surface area contributed by atoms with Crippen molar-refractivity contribution in [1.82, 2.24) is 0 Å². The van der Waals surface area contributed by atoms with Gasteiger partial charge in [0.2, 0.25) is 0 Å². The van der Waals surface area contributed by atoms with E-state index >= 15 is 0 Å². The van der Waals surface area contributed by atoms with Gasteiger partial charge < -0.3 is 5.73 Å².